The molecule has 0 aliphatic carbocycles. The molecule has 1 aliphatic rings. The highest BCUT2D eigenvalue weighted by Crippen LogP contribution is 2.33. The molecular weight excluding hydrogens is 308 g/mol. The monoisotopic (exact) mass is 332 g/mol. The van der Waals surface area contributed by atoms with Gasteiger partial charge in [-0.1, -0.05) is 6.08 Å². The predicted molar refractivity (Wildman–Crippen MR) is 91.0 cm³/mol. The first-order chi connectivity index (χ1) is 11.6. The van der Waals surface area contributed by atoms with E-state index >= 15 is 0 Å². The maximum absolute atomic E-state index is 12.2. The standard InChI is InChI=1S/C18H24N2O4/c1-4-5-13-8-12(9-15(23-2)17(13)24-3)10-20-18(22)14-6-7-16(21)19-11-14/h4,8-9,14H,1,5-7,10-11H2,2-3H3,(H,19,21)(H,20,22). The summed E-state index contributed by atoms with van der Waals surface area (Å²) >= 11 is 0. The minimum absolute atomic E-state index is 0.00741. The Morgan fingerprint density at radius 1 is 1.42 bits per heavy atom. The lowest BCUT2D eigenvalue weighted by molar-refractivity contribution is -0.129. The van der Waals surface area contributed by atoms with Crippen LogP contribution in [0.4, 0.5) is 0 Å². The first kappa shape index (κ1) is 17.8. The fraction of sp³-hybridized carbons (Fsp3) is 0.444. The lowest BCUT2D eigenvalue weighted by Crippen LogP contribution is -2.42. The number of benzene rings is 1. The van der Waals surface area contributed by atoms with Crippen LogP contribution in [-0.2, 0) is 22.6 Å². The second kappa shape index (κ2) is 8.38. The number of amides is 2. The SMILES string of the molecule is C=CCc1cc(CNC(=O)C2CCC(=O)NC2)cc(OC)c1OC. The molecule has 0 aromatic heterocycles. The average molecular weight is 332 g/mol. The molecule has 130 valence electrons. The van der Waals surface area contributed by atoms with Gasteiger partial charge in [0.1, 0.15) is 0 Å². The quantitative estimate of drug-likeness (QED) is 0.743. The Morgan fingerprint density at radius 3 is 2.79 bits per heavy atom. The van der Waals surface area contributed by atoms with Crippen LogP contribution in [0.5, 0.6) is 11.5 Å². The fourth-order valence-corrected chi connectivity index (χ4v) is 2.81. The van der Waals surface area contributed by atoms with Crippen LogP contribution in [0.15, 0.2) is 24.8 Å². The third-order valence-electron chi connectivity index (χ3n) is 4.08. The Morgan fingerprint density at radius 2 is 2.21 bits per heavy atom. The summed E-state index contributed by atoms with van der Waals surface area (Å²) in [6.07, 6.45) is 3.43. The number of carbonyl (C=O) groups excluding carboxylic acids is 2. The Labute approximate surface area is 142 Å². The molecule has 1 heterocycles. The van der Waals surface area contributed by atoms with Crippen LogP contribution in [0.1, 0.15) is 24.0 Å². The Kier molecular flexibility index (Phi) is 6.23. The molecule has 2 rings (SSSR count). The maximum atomic E-state index is 12.2. The van der Waals surface area contributed by atoms with Gasteiger partial charge in [-0.2, -0.15) is 0 Å². The molecule has 1 aliphatic heterocycles. The van der Waals surface area contributed by atoms with E-state index in [0.29, 0.717) is 43.9 Å². The molecule has 6 nitrogen and oxygen atoms in total. The molecule has 0 saturated carbocycles. The lowest BCUT2D eigenvalue weighted by Gasteiger charge is -2.22. The van der Waals surface area contributed by atoms with Gasteiger partial charge in [-0.05, 0) is 30.5 Å². The Bertz CT molecular complexity index is 618. The van der Waals surface area contributed by atoms with Crippen LogP contribution < -0.4 is 20.1 Å². The second-order valence-corrected chi connectivity index (χ2v) is 5.74. The maximum Gasteiger partial charge on any atom is 0.225 e. The largest absolute Gasteiger partial charge is 0.493 e. The molecule has 1 saturated heterocycles. The van der Waals surface area contributed by atoms with Crippen molar-refractivity contribution < 1.29 is 19.1 Å². The smallest absolute Gasteiger partial charge is 0.225 e. The van der Waals surface area contributed by atoms with Crippen molar-refractivity contribution in [2.45, 2.75) is 25.8 Å². The number of piperidine rings is 1. The van der Waals surface area contributed by atoms with Crippen molar-refractivity contribution in [1.82, 2.24) is 10.6 Å². The number of hydrogen-bond donors (Lipinski definition) is 2. The zero-order chi connectivity index (χ0) is 17.5. The predicted octanol–water partition coefficient (Wildman–Crippen LogP) is 1.57. The average Bonchev–Trinajstić information content (AvgIpc) is 2.60. The number of allylic oxidation sites excluding steroid dienone is 1. The third kappa shape index (κ3) is 4.28. The summed E-state index contributed by atoms with van der Waals surface area (Å²) in [7, 11) is 3.19. The summed E-state index contributed by atoms with van der Waals surface area (Å²) in [4.78, 5) is 23.4. The third-order valence-corrected chi connectivity index (χ3v) is 4.08. The van der Waals surface area contributed by atoms with Crippen molar-refractivity contribution in [3.8, 4) is 11.5 Å². The molecule has 1 atom stereocenters. The Hall–Kier alpha value is -2.50. The van der Waals surface area contributed by atoms with E-state index < -0.39 is 0 Å². The van der Waals surface area contributed by atoms with E-state index in [1.165, 1.54) is 0 Å². The molecular formula is C18H24N2O4. The fourth-order valence-electron chi connectivity index (χ4n) is 2.81. The number of hydrogen-bond acceptors (Lipinski definition) is 4. The number of methoxy groups -OCH3 is 2. The van der Waals surface area contributed by atoms with Crippen LogP contribution in [0.25, 0.3) is 0 Å². The van der Waals surface area contributed by atoms with E-state index in [-0.39, 0.29) is 17.7 Å². The van der Waals surface area contributed by atoms with Crippen LogP contribution >= 0.6 is 0 Å². The van der Waals surface area contributed by atoms with Crippen molar-refractivity contribution in [3.05, 3.63) is 35.9 Å². The van der Waals surface area contributed by atoms with Gasteiger partial charge in [0.25, 0.3) is 0 Å². The van der Waals surface area contributed by atoms with Crippen molar-refractivity contribution >= 4 is 11.8 Å². The van der Waals surface area contributed by atoms with E-state index in [1.807, 2.05) is 12.1 Å². The van der Waals surface area contributed by atoms with Crippen molar-refractivity contribution in [2.24, 2.45) is 5.92 Å². The molecule has 1 aromatic rings. The van der Waals surface area contributed by atoms with Gasteiger partial charge in [-0.3, -0.25) is 9.59 Å². The molecule has 1 aromatic carbocycles. The summed E-state index contributed by atoms with van der Waals surface area (Å²) in [5.74, 6) is 1.10. The Balaban J connectivity index is 2.06. The zero-order valence-corrected chi connectivity index (χ0v) is 14.2. The molecule has 0 radical (unpaired) electrons. The van der Waals surface area contributed by atoms with Gasteiger partial charge in [0.2, 0.25) is 11.8 Å². The van der Waals surface area contributed by atoms with E-state index in [4.69, 9.17) is 9.47 Å². The van der Waals surface area contributed by atoms with Gasteiger partial charge >= 0.3 is 0 Å². The first-order valence-corrected chi connectivity index (χ1v) is 7.98. The lowest BCUT2D eigenvalue weighted by atomic mass is 9.98. The van der Waals surface area contributed by atoms with Crippen molar-refractivity contribution in [2.75, 3.05) is 20.8 Å². The summed E-state index contributed by atoms with van der Waals surface area (Å²) < 4.78 is 10.8. The van der Waals surface area contributed by atoms with Crippen LogP contribution in [0.3, 0.4) is 0 Å². The summed E-state index contributed by atoms with van der Waals surface area (Å²) in [6.45, 7) is 4.56. The van der Waals surface area contributed by atoms with Gasteiger partial charge in [0.15, 0.2) is 11.5 Å². The highest BCUT2D eigenvalue weighted by atomic mass is 16.5. The first-order valence-electron chi connectivity index (χ1n) is 7.98. The molecule has 1 fully saturated rings. The molecule has 6 heteroatoms. The minimum atomic E-state index is -0.171. The van der Waals surface area contributed by atoms with Crippen LogP contribution in [0.2, 0.25) is 0 Å². The summed E-state index contributed by atoms with van der Waals surface area (Å²) in [5, 5.41) is 5.65. The van der Waals surface area contributed by atoms with Gasteiger partial charge < -0.3 is 20.1 Å². The number of rotatable bonds is 7. The van der Waals surface area contributed by atoms with Gasteiger partial charge in [0.05, 0.1) is 20.1 Å². The van der Waals surface area contributed by atoms with Crippen molar-refractivity contribution in [1.29, 1.82) is 0 Å². The number of ether oxygens (including phenoxy) is 2. The number of nitrogens with one attached hydrogen (secondary N) is 2. The normalized spacial score (nSPS) is 16.9. The highest BCUT2D eigenvalue weighted by Gasteiger charge is 2.24. The van der Waals surface area contributed by atoms with Crippen LogP contribution in [-0.4, -0.2) is 32.6 Å². The van der Waals surface area contributed by atoms with E-state index in [1.54, 1.807) is 20.3 Å². The molecule has 0 spiro atoms. The second-order valence-electron chi connectivity index (χ2n) is 5.74. The molecule has 1 unspecified atom stereocenters. The highest BCUT2D eigenvalue weighted by molar-refractivity contribution is 5.83. The van der Waals surface area contributed by atoms with Gasteiger partial charge in [-0.25, -0.2) is 0 Å². The van der Waals surface area contributed by atoms with E-state index in [2.05, 4.69) is 17.2 Å². The number of carbonyl (C=O) groups is 2. The molecule has 2 amide bonds. The molecule has 0 bridgehead atoms. The summed E-state index contributed by atoms with van der Waals surface area (Å²) in [6, 6.07) is 3.83. The zero-order valence-electron chi connectivity index (χ0n) is 14.2. The van der Waals surface area contributed by atoms with Crippen molar-refractivity contribution in [3.63, 3.8) is 0 Å². The van der Waals surface area contributed by atoms with E-state index in [0.717, 1.165) is 11.1 Å². The molecule has 2 N–H and O–H groups in total. The summed E-state index contributed by atoms with van der Waals surface area (Å²) in [5.41, 5.74) is 1.89. The topological polar surface area (TPSA) is 76.7 Å². The van der Waals surface area contributed by atoms with Crippen LogP contribution in [0, 0.1) is 5.92 Å². The van der Waals surface area contributed by atoms with Gasteiger partial charge in [0, 0.05) is 25.1 Å². The van der Waals surface area contributed by atoms with E-state index in [9.17, 15) is 9.59 Å². The molecule has 24 heavy (non-hydrogen) atoms. The minimum Gasteiger partial charge on any atom is -0.493 e. The van der Waals surface area contributed by atoms with Gasteiger partial charge in [-0.15, -0.1) is 6.58 Å².